The summed E-state index contributed by atoms with van der Waals surface area (Å²) in [5, 5.41) is 0. The largest absolute Gasteiger partial charge is 0.493 e. The number of likely N-dealkylation sites (tertiary alicyclic amines) is 1. The van der Waals surface area contributed by atoms with Crippen LogP contribution in [0.25, 0.3) is 0 Å². The molecule has 1 aliphatic rings. The molecule has 2 rings (SSSR count). The summed E-state index contributed by atoms with van der Waals surface area (Å²) in [6, 6.07) is 5.01. The molecule has 5 heteroatoms. The van der Waals surface area contributed by atoms with E-state index in [-0.39, 0.29) is 18.3 Å². The molecule has 1 atom stereocenters. The van der Waals surface area contributed by atoms with E-state index in [2.05, 4.69) is 6.92 Å². The third kappa shape index (κ3) is 5.48. The number of ketones is 1. The second kappa shape index (κ2) is 9.44. The summed E-state index contributed by atoms with van der Waals surface area (Å²) in [6.45, 7) is 5.33. The zero-order valence-corrected chi connectivity index (χ0v) is 15.5. The van der Waals surface area contributed by atoms with Gasteiger partial charge in [0.05, 0.1) is 7.11 Å². The number of methoxy groups -OCH3 is 1. The summed E-state index contributed by atoms with van der Waals surface area (Å²) in [5.74, 6) is 1.67. The molecule has 5 nitrogen and oxygen atoms in total. The summed E-state index contributed by atoms with van der Waals surface area (Å²) in [5.41, 5.74) is 0.560. The molecule has 1 heterocycles. The number of hydrogen-bond acceptors (Lipinski definition) is 4. The van der Waals surface area contributed by atoms with Crippen molar-refractivity contribution in [3.05, 3.63) is 23.8 Å². The highest BCUT2D eigenvalue weighted by molar-refractivity contribution is 5.94. The van der Waals surface area contributed by atoms with Gasteiger partial charge in [0.25, 0.3) is 5.91 Å². The fraction of sp³-hybridized carbons (Fsp3) is 0.600. The van der Waals surface area contributed by atoms with E-state index in [1.165, 1.54) is 33.3 Å². The molecule has 0 spiro atoms. The van der Waals surface area contributed by atoms with Crippen molar-refractivity contribution in [2.45, 2.75) is 46.0 Å². The van der Waals surface area contributed by atoms with Gasteiger partial charge in [-0.15, -0.1) is 0 Å². The second-order valence-corrected chi connectivity index (χ2v) is 6.68. The minimum atomic E-state index is -0.0351. The molecule has 0 unspecified atom stereocenters. The molecule has 0 aromatic heterocycles. The van der Waals surface area contributed by atoms with Crippen LogP contribution in [0.4, 0.5) is 0 Å². The SMILES string of the molecule is CCC[C@H]1CCCN(C(=O)COc2ccc(C(C)=O)cc2OC)CC1. The average molecular weight is 347 g/mol. The Hall–Kier alpha value is -2.04. The molecule has 0 saturated carbocycles. The second-order valence-electron chi connectivity index (χ2n) is 6.68. The lowest BCUT2D eigenvalue weighted by atomic mass is 9.96. The minimum absolute atomic E-state index is 0.00573. The normalized spacial score (nSPS) is 17.7. The summed E-state index contributed by atoms with van der Waals surface area (Å²) in [7, 11) is 1.52. The van der Waals surface area contributed by atoms with Gasteiger partial charge in [0.2, 0.25) is 0 Å². The fourth-order valence-corrected chi connectivity index (χ4v) is 3.35. The first kappa shape index (κ1) is 19.3. The number of rotatable bonds is 7. The van der Waals surface area contributed by atoms with Gasteiger partial charge in [-0.3, -0.25) is 9.59 Å². The van der Waals surface area contributed by atoms with Crippen LogP contribution in [0, 0.1) is 5.92 Å². The van der Waals surface area contributed by atoms with Gasteiger partial charge in [0, 0.05) is 18.7 Å². The van der Waals surface area contributed by atoms with Crippen molar-refractivity contribution in [1.29, 1.82) is 0 Å². The fourth-order valence-electron chi connectivity index (χ4n) is 3.35. The highest BCUT2D eigenvalue weighted by Gasteiger charge is 2.21. The Morgan fingerprint density at radius 2 is 2.00 bits per heavy atom. The highest BCUT2D eigenvalue weighted by atomic mass is 16.5. The van der Waals surface area contributed by atoms with Gasteiger partial charge < -0.3 is 14.4 Å². The zero-order valence-electron chi connectivity index (χ0n) is 15.5. The third-order valence-electron chi connectivity index (χ3n) is 4.82. The topological polar surface area (TPSA) is 55.8 Å². The predicted molar refractivity (Wildman–Crippen MR) is 97.3 cm³/mol. The molecule has 1 aliphatic heterocycles. The lowest BCUT2D eigenvalue weighted by Gasteiger charge is -2.21. The highest BCUT2D eigenvalue weighted by Crippen LogP contribution is 2.28. The number of amides is 1. The van der Waals surface area contributed by atoms with E-state index in [1.54, 1.807) is 18.2 Å². The quantitative estimate of drug-likeness (QED) is 0.706. The van der Waals surface area contributed by atoms with Crippen LogP contribution in [-0.4, -0.2) is 43.4 Å². The van der Waals surface area contributed by atoms with Crippen molar-refractivity contribution in [2.24, 2.45) is 5.92 Å². The van der Waals surface area contributed by atoms with Crippen LogP contribution in [0.1, 0.15) is 56.3 Å². The molecule has 138 valence electrons. The number of ether oxygens (including phenoxy) is 2. The van der Waals surface area contributed by atoms with E-state index in [1.807, 2.05) is 4.90 Å². The molecule has 1 saturated heterocycles. The molecule has 25 heavy (non-hydrogen) atoms. The summed E-state index contributed by atoms with van der Waals surface area (Å²) in [6.07, 6.45) is 5.80. The van der Waals surface area contributed by atoms with Gasteiger partial charge in [0.1, 0.15) is 0 Å². The standard InChI is InChI=1S/C20H29NO4/c1-4-6-16-7-5-11-21(12-10-16)20(23)14-25-18-9-8-17(15(2)22)13-19(18)24-3/h8-9,13,16H,4-7,10-12,14H2,1-3H3/t16-/m0/s1. The van der Waals surface area contributed by atoms with Crippen molar-refractivity contribution in [3.8, 4) is 11.5 Å². The lowest BCUT2D eigenvalue weighted by Crippen LogP contribution is -2.35. The number of hydrogen-bond donors (Lipinski definition) is 0. The van der Waals surface area contributed by atoms with Crippen LogP contribution in [0.2, 0.25) is 0 Å². The van der Waals surface area contributed by atoms with E-state index < -0.39 is 0 Å². The van der Waals surface area contributed by atoms with E-state index in [0.29, 0.717) is 17.1 Å². The molecule has 1 fully saturated rings. The van der Waals surface area contributed by atoms with E-state index in [9.17, 15) is 9.59 Å². The van der Waals surface area contributed by atoms with Crippen LogP contribution in [-0.2, 0) is 4.79 Å². The van der Waals surface area contributed by atoms with Crippen molar-refractivity contribution < 1.29 is 19.1 Å². The smallest absolute Gasteiger partial charge is 0.260 e. The Bertz CT molecular complexity index is 599. The van der Waals surface area contributed by atoms with Gasteiger partial charge in [0.15, 0.2) is 23.9 Å². The number of benzene rings is 1. The van der Waals surface area contributed by atoms with Crippen molar-refractivity contribution in [1.82, 2.24) is 4.90 Å². The molecular weight excluding hydrogens is 318 g/mol. The van der Waals surface area contributed by atoms with Crippen LogP contribution in [0.3, 0.4) is 0 Å². The predicted octanol–water partition coefficient (Wildman–Crippen LogP) is 3.71. The maximum Gasteiger partial charge on any atom is 0.260 e. The van der Waals surface area contributed by atoms with Gasteiger partial charge in [-0.2, -0.15) is 0 Å². The zero-order chi connectivity index (χ0) is 18.2. The molecule has 0 aliphatic carbocycles. The maximum absolute atomic E-state index is 12.5. The molecule has 1 aromatic rings. The number of carbonyl (C=O) groups excluding carboxylic acids is 2. The molecule has 0 radical (unpaired) electrons. The van der Waals surface area contributed by atoms with Gasteiger partial charge in [-0.1, -0.05) is 19.8 Å². The van der Waals surface area contributed by atoms with Crippen LogP contribution >= 0.6 is 0 Å². The Morgan fingerprint density at radius 1 is 1.20 bits per heavy atom. The monoisotopic (exact) mass is 347 g/mol. The van der Waals surface area contributed by atoms with E-state index in [4.69, 9.17) is 9.47 Å². The summed E-state index contributed by atoms with van der Waals surface area (Å²) >= 11 is 0. The van der Waals surface area contributed by atoms with Crippen molar-refractivity contribution in [3.63, 3.8) is 0 Å². The van der Waals surface area contributed by atoms with E-state index in [0.717, 1.165) is 31.8 Å². The number of Topliss-reactive ketones (excluding diaryl/α,β-unsaturated/α-hetero) is 1. The molecular formula is C20H29NO4. The van der Waals surface area contributed by atoms with Gasteiger partial charge >= 0.3 is 0 Å². The molecule has 1 amide bonds. The molecule has 0 bridgehead atoms. The van der Waals surface area contributed by atoms with Crippen LogP contribution in [0.5, 0.6) is 11.5 Å². The third-order valence-corrected chi connectivity index (χ3v) is 4.82. The average Bonchev–Trinajstić information content (AvgIpc) is 2.85. The Labute approximate surface area is 150 Å². The summed E-state index contributed by atoms with van der Waals surface area (Å²) < 4.78 is 10.9. The van der Waals surface area contributed by atoms with Gasteiger partial charge in [-0.25, -0.2) is 0 Å². The first-order chi connectivity index (χ1) is 12.0. The van der Waals surface area contributed by atoms with Crippen LogP contribution in [0.15, 0.2) is 18.2 Å². The Kier molecular flexibility index (Phi) is 7.29. The van der Waals surface area contributed by atoms with Crippen molar-refractivity contribution in [2.75, 3.05) is 26.8 Å². The summed E-state index contributed by atoms with van der Waals surface area (Å²) in [4.78, 5) is 25.8. The Balaban J connectivity index is 1.92. The number of carbonyl (C=O) groups is 2. The Morgan fingerprint density at radius 3 is 2.68 bits per heavy atom. The molecule has 1 aromatic carbocycles. The lowest BCUT2D eigenvalue weighted by molar-refractivity contribution is -0.133. The van der Waals surface area contributed by atoms with Crippen molar-refractivity contribution >= 4 is 11.7 Å². The molecule has 0 N–H and O–H groups in total. The first-order valence-electron chi connectivity index (χ1n) is 9.14. The van der Waals surface area contributed by atoms with Gasteiger partial charge in [-0.05, 0) is 50.3 Å². The number of nitrogens with zero attached hydrogens (tertiary/aromatic N) is 1. The van der Waals surface area contributed by atoms with E-state index >= 15 is 0 Å². The van der Waals surface area contributed by atoms with Crippen LogP contribution < -0.4 is 9.47 Å². The first-order valence-corrected chi connectivity index (χ1v) is 9.14. The minimum Gasteiger partial charge on any atom is -0.493 e. The maximum atomic E-state index is 12.5.